The van der Waals surface area contributed by atoms with E-state index in [1.54, 1.807) is 0 Å². The molecule has 1 N–H and O–H groups in total. The quantitative estimate of drug-likeness (QED) is 0.788. The maximum Gasteiger partial charge on any atom is 0.354 e. The number of aromatic carboxylic acids is 1. The normalized spacial score (nSPS) is 13.0. The molecule has 1 aromatic heterocycles. The van der Waals surface area contributed by atoms with Gasteiger partial charge in [0.25, 0.3) is 0 Å². The lowest BCUT2D eigenvalue weighted by Gasteiger charge is -2.07. The summed E-state index contributed by atoms with van der Waals surface area (Å²) in [7, 11) is 0. The van der Waals surface area contributed by atoms with Crippen molar-refractivity contribution in [3.63, 3.8) is 0 Å². The number of allylic oxidation sites excluding steroid dienone is 1. The number of aromatic nitrogens is 1. The summed E-state index contributed by atoms with van der Waals surface area (Å²) < 4.78 is 0. The van der Waals surface area contributed by atoms with Crippen molar-refractivity contribution in [2.45, 2.75) is 6.42 Å². The van der Waals surface area contributed by atoms with Crippen LogP contribution in [0.4, 0.5) is 0 Å². The van der Waals surface area contributed by atoms with Crippen molar-refractivity contribution in [1.29, 1.82) is 0 Å². The zero-order valence-electron chi connectivity index (χ0n) is 8.47. The molecule has 3 nitrogen and oxygen atoms in total. The van der Waals surface area contributed by atoms with Crippen molar-refractivity contribution >= 4 is 22.9 Å². The van der Waals surface area contributed by atoms with Gasteiger partial charge in [0, 0.05) is 5.39 Å². The lowest BCUT2D eigenvalue weighted by Crippen LogP contribution is -2.06. The Morgan fingerprint density at radius 2 is 2.12 bits per heavy atom. The van der Waals surface area contributed by atoms with E-state index >= 15 is 0 Å². The Hall–Kier alpha value is -2.16. The Labute approximate surface area is 92.1 Å². The Morgan fingerprint density at radius 3 is 2.94 bits per heavy atom. The first kappa shape index (κ1) is 9.09. The van der Waals surface area contributed by atoms with E-state index < -0.39 is 5.97 Å². The van der Waals surface area contributed by atoms with Crippen molar-refractivity contribution in [2.75, 3.05) is 0 Å². The molecule has 0 amide bonds. The predicted octanol–water partition coefficient (Wildman–Crippen LogP) is 2.50. The van der Waals surface area contributed by atoms with Gasteiger partial charge in [-0.1, -0.05) is 30.4 Å². The summed E-state index contributed by atoms with van der Waals surface area (Å²) in [6.45, 7) is 0. The van der Waals surface area contributed by atoms with Gasteiger partial charge in [0.2, 0.25) is 0 Å². The van der Waals surface area contributed by atoms with Gasteiger partial charge < -0.3 is 5.11 Å². The number of carboxylic acid groups (broad SMARTS) is 1. The first-order valence-electron chi connectivity index (χ1n) is 5.09. The van der Waals surface area contributed by atoms with E-state index in [9.17, 15) is 4.79 Å². The number of carboxylic acids is 1. The van der Waals surface area contributed by atoms with Crippen LogP contribution in [0.5, 0.6) is 0 Å². The molecule has 2 aromatic rings. The molecule has 0 saturated heterocycles. The summed E-state index contributed by atoms with van der Waals surface area (Å²) in [4.78, 5) is 15.3. The fourth-order valence-electron chi connectivity index (χ4n) is 2.15. The molecule has 0 fully saturated rings. The van der Waals surface area contributed by atoms with Crippen LogP contribution in [-0.4, -0.2) is 16.1 Å². The maximum absolute atomic E-state index is 11.1. The molecule has 0 radical (unpaired) electrons. The zero-order valence-corrected chi connectivity index (χ0v) is 8.47. The molecule has 0 saturated carbocycles. The third kappa shape index (κ3) is 1.15. The van der Waals surface area contributed by atoms with Gasteiger partial charge in [0.15, 0.2) is 5.69 Å². The summed E-state index contributed by atoms with van der Waals surface area (Å²) in [6.07, 6.45) is 4.62. The number of pyridine rings is 1. The average molecular weight is 211 g/mol. The molecule has 16 heavy (non-hydrogen) atoms. The van der Waals surface area contributed by atoms with E-state index in [1.165, 1.54) is 0 Å². The molecular formula is C13H9NO2. The summed E-state index contributed by atoms with van der Waals surface area (Å²) in [5, 5.41) is 10.1. The fourth-order valence-corrected chi connectivity index (χ4v) is 2.15. The maximum atomic E-state index is 11.1. The van der Waals surface area contributed by atoms with Crippen LogP contribution in [0.25, 0.3) is 17.0 Å². The van der Waals surface area contributed by atoms with E-state index in [0.717, 1.165) is 22.0 Å². The van der Waals surface area contributed by atoms with Crippen LogP contribution in [0.3, 0.4) is 0 Å². The number of para-hydroxylation sites is 1. The minimum Gasteiger partial charge on any atom is -0.477 e. The number of hydrogen-bond donors (Lipinski definition) is 1. The number of nitrogens with zero attached hydrogens (tertiary/aromatic N) is 1. The molecule has 0 aliphatic heterocycles. The Morgan fingerprint density at radius 1 is 1.31 bits per heavy atom. The number of benzene rings is 1. The highest BCUT2D eigenvalue weighted by atomic mass is 16.4. The van der Waals surface area contributed by atoms with Crippen molar-refractivity contribution < 1.29 is 9.90 Å². The van der Waals surface area contributed by atoms with Crippen molar-refractivity contribution in [1.82, 2.24) is 4.98 Å². The van der Waals surface area contributed by atoms with Crippen LogP contribution in [0, 0.1) is 0 Å². The highest BCUT2D eigenvalue weighted by Crippen LogP contribution is 2.29. The average Bonchev–Trinajstić information content (AvgIpc) is 2.76. The molecule has 0 bridgehead atoms. The smallest absolute Gasteiger partial charge is 0.354 e. The van der Waals surface area contributed by atoms with Gasteiger partial charge in [-0.15, -0.1) is 0 Å². The summed E-state index contributed by atoms with van der Waals surface area (Å²) in [6, 6.07) is 7.62. The van der Waals surface area contributed by atoms with E-state index in [2.05, 4.69) is 4.98 Å². The highest BCUT2D eigenvalue weighted by molar-refractivity contribution is 5.98. The van der Waals surface area contributed by atoms with Crippen LogP contribution in [0.2, 0.25) is 0 Å². The molecule has 3 rings (SSSR count). The fraction of sp³-hybridized carbons (Fsp3) is 0.0769. The molecule has 78 valence electrons. The molecule has 0 atom stereocenters. The topological polar surface area (TPSA) is 50.2 Å². The second-order valence-electron chi connectivity index (χ2n) is 3.78. The molecule has 1 aliphatic rings. The van der Waals surface area contributed by atoms with E-state index in [0.29, 0.717) is 6.42 Å². The number of hydrogen-bond acceptors (Lipinski definition) is 2. The molecule has 1 aromatic carbocycles. The standard InChI is InChI=1S/C13H9NO2/c15-13(16)12-10-6-3-5-8(10)9-4-1-2-7-11(9)14-12/h1-5,7H,6H2,(H,15,16). The lowest BCUT2D eigenvalue weighted by atomic mass is 10.0. The monoisotopic (exact) mass is 211 g/mol. The van der Waals surface area contributed by atoms with Gasteiger partial charge >= 0.3 is 5.97 Å². The van der Waals surface area contributed by atoms with Gasteiger partial charge in [-0.05, 0) is 23.6 Å². The second-order valence-corrected chi connectivity index (χ2v) is 3.78. The van der Waals surface area contributed by atoms with Crippen LogP contribution >= 0.6 is 0 Å². The predicted molar refractivity (Wildman–Crippen MR) is 61.4 cm³/mol. The van der Waals surface area contributed by atoms with Crippen LogP contribution in [-0.2, 0) is 6.42 Å². The third-order valence-corrected chi connectivity index (χ3v) is 2.85. The number of rotatable bonds is 1. The molecule has 0 unspecified atom stereocenters. The Balaban J connectivity index is 2.46. The van der Waals surface area contributed by atoms with E-state index in [1.807, 2.05) is 36.4 Å². The largest absolute Gasteiger partial charge is 0.477 e. The van der Waals surface area contributed by atoms with Gasteiger partial charge in [-0.3, -0.25) is 0 Å². The van der Waals surface area contributed by atoms with Crippen LogP contribution in [0.1, 0.15) is 21.6 Å². The molecule has 1 aliphatic carbocycles. The summed E-state index contributed by atoms with van der Waals surface area (Å²) >= 11 is 0. The van der Waals surface area contributed by atoms with Crippen molar-refractivity contribution in [3.8, 4) is 0 Å². The van der Waals surface area contributed by atoms with Crippen molar-refractivity contribution in [2.24, 2.45) is 0 Å². The third-order valence-electron chi connectivity index (χ3n) is 2.85. The van der Waals surface area contributed by atoms with E-state index in [-0.39, 0.29) is 5.69 Å². The zero-order chi connectivity index (χ0) is 11.1. The Bertz CT molecular complexity index is 629. The van der Waals surface area contributed by atoms with Gasteiger partial charge in [-0.2, -0.15) is 0 Å². The van der Waals surface area contributed by atoms with Crippen molar-refractivity contribution in [3.05, 3.63) is 47.2 Å². The van der Waals surface area contributed by atoms with Crippen LogP contribution in [0.15, 0.2) is 30.3 Å². The molecule has 0 spiro atoms. The second kappa shape index (κ2) is 3.17. The van der Waals surface area contributed by atoms with E-state index in [4.69, 9.17) is 5.11 Å². The highest BCUT2D eigenvalue weighted by Gasteiger charge is 2.19. The summed E-state index contributed by atoms with van der Waals surface area (Å²) in [5.74, 6) is -0.953. The molecule has 3 heteroatoms. The Kier molecular flexibility index (Phi) is 1.80. The lowest BCUT2D eigenvalue weighted by molar-refractivity contribution is 0.0690. The van der Waals surface area contributed by atoms with Crippen LogP contribution < -0.4 is 0 Å². The number of fused-ring (bicyclic) bond motifs is 3. The minimum atomic E-state index is -0.953. The molecular weight excluding hydrogens is 202 g/mol. The van der Waals surface area contributed by atoms with Gasteiger partial charge in [0.1, 0.15) is 0 Å². The van der Waals surface area contributed by atoms with Gasteiger partial charge in [0.05, 0.1) is 5.52 Å². The van der Waals surface area contributed by atoms with Gasteiger partial charge in [-0.25, -0.2) is 9.78 Å². The summed E-state index contributed by atoms with van der Waals surface area (Å²) in [5.41, 5.74) is 2.75. The first-order valence-corrected chi connectivity index (χ1v) is 5.09. The minimum absolute atomic E-state index is 0.179. The SMILES string of the molecule is O=C(O)c1nc2ccccc2c2c1CC=C2. The molecule has 1 heterocycles. The number of carbonyl (C=O) groups is 1. The first-order chi connectivity index (χ1) is 7.77.